The number of ether oxygens (including phenoxy) is 1. The highest BCUT2D eigenvalue weighted by molar-refractivity contribution is 7.90. The van der Waals surface area contributed by atoms with Crippen LogP contribution in [0.5, 0.6) is 5.75 Å². The highest BCUT2D eigenvalue weighted by Gasteiger charge is 2.26. The van der Waals surface area contributed by atoms with Crippen molar-refractivity contribution in [1.29, 1.82) is 0 Å². The third-order valence-corrected chi connectivity index (χ3v) is 5.93. The molecule has 156 valence electrons. The third-order valence-electron chi connectivity index (χ3n) is 4.95. The Hall–Kier alpha value is -2.09. The van der Waals surface area contributed by atoms with E-state index in [2.05, 4.69) is 10.6 Å². The van der Waals surface area contributed by atoms with Crippen molar-refractivity contribution in [3.8, 4) is 5.75 Å². The second kappa shape index (κ2) is 10.5. The number of nitrogens with one attached hydrogen (secondary N) is 2. The summed E-state index contributed by atoms with van der Waals surface area (Å²) in [6, 6.07) is 5.86. The summed E-state index contributed by atoms with van der Waals surface area (Å²) < 4.78 is 28.4. The maximum atomic E-state index is 12.8. The Morgan fingerprint density at radius 1 is 1.14 bits per heavy atom. The van der Waals surface area contributed by atoms with Crippen LogP contribution in [0.25, 0.3) is 0 Å². The zero-order valence-electron chi connectivity index (χ0n) is 16.6. The minimum atomic E-state index is -3.26. The summed E-state index contributed by atoms with van der Waals surface area (Å²) in [5.74, 6) is -0.584. The molecule has 28 heavy (non-hydrogen) atoms. The van der Waals surface area contributed by atoms with Crippen LogP contribution in [0.3, 0.4) is 0 Å². The number of para-hydroxylation sites is 1. The van der Waals surface area contributed by atoms with Gasteiger partial charge in [0, 0.05) is 12.3 Å². The average molecular weight is 411 g/mol. The van der Waals surface area contributed by atoms with Crippen molar-refractivity contribution < 1.29 is 22.7 Å². The van der Waals surface area contributed by atoms with Crippen LogP contribution in [0.4, 0.5) is 0 Å². The van der Waals surface area contributed by atoms with Crippen LogP contribution in [-0.2, 0) is 14.6 Å². The number of methoxy groups -OCH3 is 1. The van der Waals surface area contributed by atoms with Gasteiger partial charge in [0.1, 0.15) is 21.6 Å². The van der Waals surface area contributed by atoms with Crippen molar-refractivity contribution >= 4 is 21.7 Å². The van der Waals surface area contributed by atoms with E-state index in [1.807, 2.05) is 0 Å². The predicted molar refractivity (Wildman–Crippen MR) is 108 cm³/mol. The quantitative estimate of drug-likeness (QED) is 0.639. The van der Waals surface area contributed by atoms with Gasteiger partial charge in [-0.3, -0.25) is 9.59 Å². The summed E-state index contributed by atoms with van der Waals surface area (Å²) in [5, 5.41) is 5.69. The zero-order valence-corrected chi connectivity index (χ0v) is 17.4. The lowest BCUT2D eigenvalue weighted by molar-refractivity contribution is -0.123. The smallest absolute Gasteiger partial charge is 0.255 e. The summed E-state index contributed by atoms with van der Waals surface area (Å²) in [5.41, 5.74) is 0.302. The lowest BCUT2D eigenvalue weighted by Gasteiger charge is -2.23. The van der Waals surface area contributed by atoms with Gasteiger partial charge in [0.2, 0.25) is 5.91 Å². The third kappa shape index (κ3) is 7.14. The van der Waals surface area contributed by atoms with Crippen LogP contribution in [0, 0.1) is 0 Å². The van der Waals surface area contributed by atoms with E-state index in [0.717, 1.165) is 44.8 Å². The minimum Gasteiger partial charge on any atom is -0.496 e. The van der Waals surface area contributed by atoms with E-state index >= 15 is 0 Å². The van der Waals surface area contributed by atoms with E-state index in [1.165, 1.54) is 7.11 Å². The molecular weight excluding hydrogens is 380 g/mol. The molecule has 0 radical (unpaired) electrons. The summed E-state index contributed by atoms with van der Waals surface area (Å²) in [4.78, 5) is 25.5. The number of carbonyl (C=O) groups excluding carboxylic acids is 2. The molecule has 1 fully saturated rings. The molecule has 1 aromatic carbocycles. The molecule has 0 aromatic heterocycles. The van der Waals surface area contributed by atoms with Gasteiger partial charge >= 0.3 is 0 Å². The standard InChI is InChI=1S/C20H30N2O5S/c1-27-18-12-8-7-11-16(18)19(23)22-17(13-14-28(2,25)26)20(24)21-15-9-5-3-4-6-10-15/h7-8,11-12,15,17H,3-6,9-10,13-14H2,1-2H3,(H,21,24)(H,22,23)/t17-/m1/s1. The van der Waals surface area contributed by atoms with E-state index in [0.29, 0.717) is 11.3 Å². The molecule has 2 N–H and O–H groups in total. The largest absolute Gasteiger partial charge is 0.496 e. The minimum absolute atomic E-state index is 0.0261. The topological polar surface area (TPSA) is 102 Å². The first-order chi connectivity index (χ1) is 13.3. The summed E-state index contributed by atoms with van der Waals surface area (Å²) in [6.07, 6.45) is 7.41. The maximum Gasteiger partial charge on any atom is 0.255 e. The predicted octanol–water partition coefficient (Wildman–Crippen LogP) is 2.07. The van der Waals surface area contributed by atoms with Crippen LogP contribution in [-0.4, -0.2) is 51.4 Å². The van der Waals surface area contributed by atoms with Gasteiger partial charge in [-0.25, -0.2) is 8.42 Å². The summed E-state index contributed by atoms with van der Waals surface area (Å²) in [6.45, 7) is 0. The van der Waals surface area contributed by atoms with E-state index in [9.17, 15) is 18.0 Å². The second-order valence-electron chi connectivity index (χ2n) is 7.34. The van der Waals surface area contributed by atoms with Crippen LogP contribution in [0.1, 0.15) is 55.3 Å². The van der Waals surface area contributed by atoms with Crippen LogP contribution < -0.4 is 15.4 Å². The summed E-state index contributed by atoms with van der Waals surface area (Å²) in [7, 11) is -1.80. The lowest BCUT2D eigenvalue weighted by Crippen LogP contribution is -2.50. The molecule has 0 aliphatic heterocycles. The van der Waals surface area contributed by atoms with Crippen LogP contribution >= 0.6 is 0 Å². The number of hydrogen-bond donors (Lipinski definition) is 2. The van der Waals surface area contributed by atoms with Gasteiger partial charge in [-0.05, 0) is 31.4 Å². The van der Waals surface area contributed by atoms with Crippen molar-refractivity contribution in [2.45, 2.75) is 57.0 Å². The fraction of sp³-hybridized carbons (Fsp3) is 0.600. The summed E-state index contributed by atoms with van der Waals surface area (Å²) >= 11 is 0. The van der Waals surface area contributed by atoms with Gasteiger partial charge in [-0.2, -0.15) is 0 Å². The molecule has 0 bridgehead atoms. The second-order valence-corrected chi connectivity index (χ2v) is 9.60. The molecule has 1 aliphatic carbocycles. The van der Waals surface area contributed by atoms with E-state index in [1.54, 1.807) is 24.3 Å². The van der Waals surface area contributed by atoms with Gasteiger partial charge in [0.25, 0.3) is 5.91 Å². The van der Waals surface area contributed by atoms with E-state index in [-0.39, 0.29) is 24.1 Å². The molecule has 2 amide bonds. The van der Waals surface area contributed by atoms with Crippen LogP contribution in [0.15, 0.2) is 24.3 Å². The molecule has 1 saturated carbocycles. The molecular formula is C20H30N2O5S. The molecule has 1 aliphatic rings. The van der Waals surface area contributed by atoms with Crippen molar-refractivity contribution in [1.82, 2.24) is 10.6 Å². The SMILES string of the molecule is COc1ccccc1C(=O)N[C@H](CCS(C)(=O)=O)C(=O)NC1CCCCCC1. The van der Waals surface area contributed by atoms with Crippen molar-refractivity contribution in [2.75, 3.05) is 19.1 Å². The molecule has 0 unspecified atom stereocenters. The van der Waals surface area contributed by atoms with Crippen molar-refractivity contribution in [2.24, 2.45) is 0 Å². The van der Waals surface area contributed by atoms with Crippen molar-refractivity contribution in [3.63, 3.8) is 0 Å². The van der Waals surface area contributed by atoms with Crippen molar-refractivity contribution in [3.05, 3.63) is 29.8 Å². The first-order valence-electron chi connectivity index (χ1n) is 9.72. The van der Waals surface area contributed by atoms with E-state index < -0.39 is 21.8 Å². The number of rotatable bonds is 8. The lowest BCUT2D eigenvalue weighted by atomic mass is 10.1. The van der Waals surface area contributed by atoms with Gasteiger partial charge in [-0.1, -0.05) is 37.8 Å². The normalized spacial score (nSPS) is 16.6. The number of amides is 2. The first-order valence-corrected chi connectivity index (χ1v) is 11.8. The molecule has 0 saturated heterocycles. The molecule has 0 heterocycles. The molecule has 8 heteroatoms. The Balaban J connectivity index is 2.11. The maximum absolute atomic E-state index is 12.8. The van der Waals surface area contributed by atoms with Gasteiger partial charge < -0.3 is 15.4 Å². The Morgan fingerprint density at radius 3 is 2.39 bits per heavy atom. The van der Waals surface area contributed by atoms with Gasteiger partial charge in [0.05, 0.1) is 18.4 Å². The highest BCUT2D eigenvalue weighted by atomic mass is 32.2. The number of carbonyl (C=O) groups is 2. The Kier molecular flexibility index (Phi) is 8.29. The van der Waals surface area contributed by atoms with Gasteiger partial charge in [-0.15, -0.1) is 0 Å². The number of sulfone groups is 1. The van der Waals surface area contributed by atoms with Gasteiger partial charge in [0.15, 0.2) is 0 Å². The Bertz CT molecular complexity index is 771. The Morgan fingerprint density at radius 2 is 1.79 bits per heavy atom. The fourth-order valence-electron chi connectivity index (χ4n) is 3.39. The Labute approximate surface area is 167 Å². The molecule has 1 aromatic rings. The molecule has 2 rings (SSSR count). The number of benzene rings is 1. The van der Waals surface area contributed by atoms with Crippen LogP contribution in [0.2, 0.25) is 0 Å². The highest BCUT2D eigenvalue weighted by Crippen LogP contribution is 2.19. The number of hydrogen-bond acceptors (Lipinski definition) is 5. The first kappa shape index (κ1) is 22.2. The monoisotopic (exact) mass is 410 g/mol. The fourth-order valence-corrected chi connectivity index (χ4v) is 4.06. The van der Waals surface area contributed by atoms with E-state index in [4.69, 9.17) is 4.74 Å². The molecule has 0 spiro atoms. The molecule has 1 atom stereocenters. The molecule has 7 nitrogen and oxygen atoms in total. The average Bonchev–Trinajstić information content (AvgIpc) is 2.92. The zero-order chi connectivity index (χ0) is 20.6.